The van der Waals surface area contributed by atoms with E-state index in [1.807, 2.05) is 0 Å². The molecule has 0 heterocycles. The molecule has 2 aromatic carbocycles. The summed E-state index contributed by atoms with van der Waals surface area (Å²) in [5.74, 6) is -0.854. The number of benzene rings is 2. The second-order valence-corrected chi connectivity index (χ2v) is 6.88. The second kappa shape index (κ2) is 13.4. The van der Waals surface area contributed by atoms with Crippen molar-refractivity contribution in [2.75, 3.05) is 32.2 Å². The maximum atomic E-state index is 12.9. The van der Waals surface area contributed by atoms with Crippen LogP contribution in [0.4, 0.5) is 5.69 Å². The Labute approximate surface area is 203 Å². The highest BCUT2D eigenvalue weighted by molar-refractivity contribution is 6.31. The van der Waals surface area contributed by atoms with E-state index >= 15 is 0 Å². The van der Waals surface area contributed by atoms with E-state index in [0.717, 1.165) is 0 Å². The van der Waals surface area contributed by atoms with E-state index in [4.69, 9.17) is 41.7 Å². The SMILES string of the molecule is CCOC(=O)COc1c(OC)cc(Cl)cc1C(Nc1ccc(C(=N)N)cc1)C(=O)OCC.Cl. The minimum atomic E-state index is -1.04. The lowest BCUT2D eigenvalue weighted by atomic mass is 10.0. The highest BCUT2D eigenvalue weighted by Crippen LogP contribution is 2.39. The Hall–Kier alpha value is -3.17. The molecule has 1 atom stereocenters. The smallest absolute Gasteiger partial charge is 0.344 e. The van der Waals surface area contributed by atoms with Crippen molar-refractivity contribution in [1.29, 1.82) is 5.41 Å². The predicted molar refractivity (Wildman–Crippen MR) is 128 cm³/mol. The molecule has 2 rings (SSSR count). The molecule has 0 aliphatic rings. The number of methoxy groups -OCH3 is 1. The average Bonchev–Trinajstić information content (AvgIpc) is 2.76. The molecule has 0 aromatic heterocycles. The van der Waals surface area contributed by atoms with E-state index in [0.29, 0.717) is 21.8 Å². The van der Waals surface area contributed by atoms with Crippen molar-refractivity contribution in [2.24, 2.45) is 5.73 Å². The summed E-state index contributed by atoms with van der Waals surface area (Å²) in [6.07, 6.45) is 0. The molecule has 0 fully saturated rings. The van der Waals surface area contributed by atoms with Crippen LogP contribution < -0.4 is 20.5 Å². The molecule has 0 spiro atoms. The van der Waals surface area contributed by atoms with Gasteiger partial charge in [0.25, 0.3) is 0 Å². The summed E-state index contributed by atoms with van der Waals surface area (Å²) in [6, 6.07) is 8.63. The lowest BCUT2D eigenvalue weighted by Gasteiger charge is -2.23. The summed E-state index contributed by atoms with van der Waals surface area (Å²) >= 11 is 6.25. The zero-order valence-electron chi connectivity index (χ0n) is 18.5. The van der Waals surface area contributed by atoms with Crippen LogP contribution in [0.5, 0.6) is 11.5 Å². The lowest BCUT2D eigenvalue weighted by molar-refractivity contribution is -0.145. The van der Waals surface area contributed by atoms with Crippen LogP contribution in [0.15, 0.2) is 36.4 Å². The van der Waals surface area contributed by atoms with Gasteiger partial charge in [0.15, 0.2) is 24.1 Å². The number of rotatable bonds is 11. The van der Waals surface area contributed by atoms with Crippen LogP contribution in [0.25, 0.3) is 0 Å². The van der Waals surface area contributed by atoms with E-state index in [-0.39, 0.29) is 49.6 Å². The highest BCUT2D eigenvalue weighted by Gasteiger charge is 2.29. The first kappa shape index (κ1) is 27.9. The number of ether oxygens (including phenoxy) is 4. The number of carbonyl (C=O) groups is 2. The first-order valence-electron chi connectivity index (χ1n) is 9.84. The molecule has 4 N–H and O–H groups in total. The predicted octanol–water partition coefficient (Wildman–Crippen LogP) is 3.71. The van der Waals surface area contributed by atoms with E-state index in [1.165, 1.54) is 19.2 Å². The van der Waals surface area contributed by atoms with Gasteiger partial charge in [-0.25, -0.2) is 9.59 Å². The summed E-state index contributed by atoms with van der Waals surface area (Å²) in [5.41, 5.74) is 6.90. The van der Waals surface area contributed by atoms with Crippen molar-refractivity contribution in [3.05, 3.63) is 52.5 Å². The summed E-state index contributed by atoms with van der Waals surface area (Å²) < 4.78 is 21.2. The zero-order valence-corrected chi connectivity index (χ0v) is 20.0. The third kappa shape index (κ3) is 7.73. The van der Waals surface area contributed by atoms with Gasteiger partial charge in [0.05, 0.1) is 20.3 Å². The Kier molecular flexibility index (Phi) is 11.3. The first-order valence-corrected chi connectivity index (χ1v) is 10.2. The van der Waals surface area contributed by atoms with Gasteiger partial charge in [0, 0.05) is 27.9 Å². The molecule has 33 heavy (non-hydrogen) atoms. The number of nitrogens with one attached hydrogen (secondary N) is 2. The molecule has 0 aliphatic heterocycles. The van der Waals surface area contributed by atoms with Gasteiger partial charge >= 0.3 is 11.9 Å². The number of hydrogen-bond donors (Lipinski definition) is 3. The Balaban J connectivity index is 0.00000544. The molecule has 2 aromatic rings. The van der Waals surface area contributed by atoms with Crippen LogP contribution in [-0.4, -0.2) is 44.7 Å². The van der Waals surface area contributed by atoms with Crippen LogP contribution in [0, 0.1) is 5.41 Å². The van der Waals surface area contributed by atoms with Crippen molar-refractivity contribution in [1.82, 2.24) is 0 Å². The molecule has 0 amide bonds. The van der Waals surface area contributed by atoms with Crippen molar-refractivity contribution in [3.63, 3.8) is 0 Å². The fourth-order valence-electron chi connectivity index (χ4n) is 2.84. The molecule has 0 radical (unpaired) electrons. The maximum absolute atomic E-state index is 12.9. The number of nitrogen functional groups attached to an aromatic ring is 1. The highest BCUT2D eigenvalue weighted by atomic mass is 35.5. The van der Waals surface area contributed by atoms with Gasteiger partial charge in [0.1, 0.15) is 5.84 Å². The van der Waals surface area contributed by atoms with Gasteiger partial charge < -0.3 is 30.0 Å². The van der Waals surface area contributed by atoms with Gasteiger partial charge in [-0.2, -0.15) is 0 Å². The monoisotopic (exact) mass is 499 g/mol. The second-order valence-electron chi connectivity index (χ2n) is 6.44. The summed E-state index contributed by atoms with van der Waals surface area (Å²) in [5, 5.41) is 10.9. The third-order valence-electron chi connectivity index (χ3n) is 4.25. The number of halogens is 2. The zero-order chi connectivity index (χ0) is 23.7. The molecule has 0 bridgehead atoms. The number of amidine groups is 1. The molecule has 0 aliphatic carbocycles. The Morgan fingerprint density at radius 1 is 1.12 bits per heavy atom. The van der Waals surface area contributed by atoms with Gasteiger partial charge in [-0.05, 0) is 44.2 Å². The van der Waals surface area contributed by atoms with E-state index in [1.54, 1.807) is 38.1 Å². The van der Waals surface area contributed by atoms with Gasteiger partial charge in [-0.15, -0.1) is 12.4 Å². The van der Waals surface area contributed by atoms with Crippen molar-refractivity contribution < 1.29 is 28.5 Å². The normalized spacial score (nSPS) is 10.9. The van der Waals surface area contributed by atoms with E-state index in [9.17, 15) is 9.59 Å². The van der Waals surface area contributed by atoms with Crippen molar-refractivity contribution >= 4 is 47.5 Å². The largest absolute Gasteiger partial charge is 0.493 e. The minimum Gasteiger partial charge on any atom is -0.493 e. The quantitative estimate of drug-likeness (QED) is 0.242. The molecular weight excluding hydrogens is 473 g/mol. The number of esters is 2. The standard InChI is InChI=1S/C22H26ClN3O6.ClH/c1-4-30-18(27)12-32-20-16(10-14(23)11-17(20)29-3)19(22(28)31-5-2)26-15-8-6-13(7-9-15)21(24)25;/h6-11,19,26H,4-5,12H2,1-3H3,(H3,24,25);1H. The van der Waals surface area contributed by atoms with Crippen LogP contribution >= 0.6 is 24.0 Å². The third-order valence-corrected chi connectivity index (χ3v) is 4.47. The molecule has 180 valence electrons. The molecule has 0 saturated heterocycles. The van der Waals surface area contributed by atoms with Crippen molar-refractivity contribution in [3.8, 4) is 11.5 Å². The summed E-state index contributed by atoms with van der Waals surface area (Å²) in [6.45, 7) is 3.34. The number of hydrogen-bond acceptors (Lipinski definition) is 8. The number of carbonyl (C=O) groups excluding carboxylic acids is 2. The van der Waals surface area contributed by atoms with Crippen LogP contribution in [0.3, 0.4) is 0 Å². The van der Waals surface area contributed by atoms with Crippen molar-refractivity contribution in [2.45, 2.75) is 19.9 Å². The fraction of sp³-hybridized carbons (Fsp3) is 0.318. The number of nitrogens with two attached hydrogens (primary N) is 1. The molecule has 0 saturated carbocycles. The molecule has 1 unspecified atom stereocenters. The lowest BCUT2D eigenvalue weighted by Crippen LogP contribution is -2.25. The average molecular weight is 500 g/mol. The van der Waals surface area contributed by atoms with E-state index in [2.05, 4.69) is 5.32 Å². The van der Waals surface area contributed by atoms with Gasteiger partial charge in [-0.1, -0.05) is 11.6 Å². The molecule has 9 nitrogen and oxygen atoms in total. The summed E-state index contributed by atoms with van der Waals surface area (Å²) in [7, 11) is 1.42. The molecule has 11 heteroatoms. The number of anilines is 1. The van der Waals surface area contributed by atoms with E-state index < -0.39 is 18.0 Å². The van der Waals surface area contributed by atoms with Crippen LogP contribution in [0.2, 0.25) is 5.02 Å². The minimum absolute atomic E-state index is 0. The topological polar surface area (TPSA) is 133 Å². The van der Waals surface area contributed by atoms with Gasteiger partial charge in [-0.3, -0.25) is 5.41 Å². The molecular formula is C22H27Cl2N3O6. The Morgan fingerprint density at radius 2 is 1.76 bits per heavy atom. The maximum Gasteiger partial charge on any atom is 0.344 e. The first-order chi connectivity index (χ1) is 15.3. The fourth-order valence-corrected chi connectivity index (χ4v) is 3.06. The Morgan fingerprint density at radius 3 is 2.30 bits per heavy atom. The van der Waals surface area contributed by atoms with Crippen LogP contribution in [0.1, 0.15) is 31.0 Å². The summed E-state index contributed by atoms with van der Waals surface area (Å²) in [4.78, 5) is 24.7. The van der Waals surface area contributed by atoms with Gasteiger partial charge in [0.2, 0.25) is 0 Å². The van der Waals surface area contributed by atoms with Crippen LogP contribution in [-0.2, 0) is 19.1 Å². The Bertz CT molecular complexity index is 969.